The summed E-state index contributed by atoms with van der Waals surface area (Å²) >= 11 is 2.96. The highest BCUT2D eigenvalue weighted by Gasteiger charge is 2.46. The number of hydrogen-bond donors (Lipinski definition) is 2. The molecule has 0 spiro atoms. The molecule has 204 valence electrons. The maximum atomic E-state index is 13.4. The number of benzene rings is 1. The van der Waals surface area contributed by atoms with Gasteiger partial charge in [0.15, 0.2) is 5.13 Å². The zero-order valence-corrected chi connectivity index (χ0v) is 23.5. The van der Waals surface area contributed by atoms with E-state index in [0.717, 1.165) is 31.2 Å². The molecular weight excluding hydrogens is 524 g/mol. The number of anilines is 1. The van der Waals surface area contributed by atoms with Gasteiger partial charge in [-0.25, -0.2) is 9.78 Å². The second-order valence-electron chi connectivity index (χ2n) is 10.9. The summed E-state index contributed by atoms with van der Waals surface area (Å²) in [6, 6.07) is 6.95. The summed E-state index contributed by atoms with van der Waals surface area (Å²) in [5.41, 5.74) is 1.52. The fourth-order valence-corrected chi connectivity index (χ4v) is 6.93. The lowest BCUT2D eigenvalue weighted by molar-refractivity contribution is -0.120. The number of thiazole rings is 1. The number of nitrogens with zero attached hydrogens (tertiary/aromatic N) is 2. The van der Waals surface area contributed by atoms with Gasteiger partial charge in [0.05, 0.1) is 11.1 Å². The monoisotopic (exact) mass is 558 g/mol. The third kappa shape index (κ3) is 6.50. The van der Waals surface area contributed by atoms with Gasteiger partial charge in [0, 0.05) is 41.5 Å². The van der Waals surface area contributed by atoms with Crippen LogP contribution in [0.2, 0.25) is 0 Å². The number of nitrogens with one attached hydrogen (secondary N) is 2. The molecule has 2 saturated heterocycles. The first-order valence-electron chi connectivity index (χ1n) is 13.1. The van der Waals surface area contributed by atoms with Gasteiger partial charge >= 0.3 is 6.09 Å². The largest absolute Gasteiger partial charge is 0.444 e. The van der Waals surface area contributed by atoms with Crippen LogP contribution in [0.25, 0.3) is 11.3 Å². The summed E-state index contributed by atoms with van der Waals surface area (Å²) in [7, 11) is 0. The van der Waals surface area contributed by atoms with Gasteiger partial charge < -0.3 is 20.1 Å². The van der Waals surface area contributed by atoms with Crippen LogP contribution in [0, 0.1) is 5.92 Å². The van der Waals surface area contributed by atoms with Crippen molar-refractivity contribution in [2.24, 2.45) is 5.92 Å². The number of ether oxygens (including phenoxy) is 2. The Hall–Kier alpha value is -2.63. The lowest BCUT2D eigenvalue weighted by atomic mass is 9.99. The average molecular weight is 559 g/mol. The predicted molar refractivity (Wildman–Crippen MR) is 148 cm³/mol. The fourth-order valence-electron chi connectivity index (χ4n) is 4.58. The Balaban J connectivity index is 1.26. The van der Waals surface area contributed by atoms with Crippen LogP contribution in [0.3, 0.4) is 0 Å². The molecule has 3 heterocycles. The zero-order valence-electron chi connectivity index (χ0n) is 21.9. The summed E-state index contributed by atoms with van der Waals surface area (Å²) < 4.78 is 11.2. The molecule has 0 bridgehead atoms. The van der Waals surface area contributed by atoms with Gasteiger partial charge in [0.2, 0.25) is 5.91 Å². The van der Waals surface area contributed by atoms with E-state index < -0.39 is 17.7 Å². The Bertz CT molecular complexity index is 1170. The summed E-state index contributed by atoms with van der Waals surface area (Å²) in [4.78, 5) is 45.1. The van der Waals surface area contributed by atoms with Gasteiger partial charge in [-0.05, 0) is 64.5 Å². The van der Waals surface area contributed by atoms with E-state index >= 15 is 0 Å². The smallest absolute Gasteiger partial charge is 0.411 e. The topological polar surface area (TPSA) is 110 Å². The Morgan fingerprint density at radius 3 is 2.45 bits per heavy atom. The minimum Gasteiger partial charge on any atom is -0.444 e. The zero-order chi connectivity index (χ0) is 26.9. The quantitative estimate of drug-likeness (QED) is 0.527. The Morgan fingerprint density at radius 2 is 1.79 bits per heavy atom. The van der Waals surface area contributed by atoms with Crippen LogP contribution in [0.1, 0.15) is 56.8 Å². The Morgan fingerprint density at radius 1 is 1.08 bits per heavy atom. The number of amides is 3. The molecule has 5 rings (SSSR count). The Kier molecular flexibility index (Phi) is 7.97. The summed E-state index contributed by atoms with van der Waals surface area (Å²) in [5.74, 6) is 0.412. The van der Waals surface area contributed by atoms with Crippen LogP contribution in [0.4, 0.5) is 9.93 Å². The van der Waals surface area contributed by atoms with Crippen LogP contribution in [0.5, 0.6) is 0 Å². The van der Waals surface area contributed by atoms with Crippen molar-refractivity contribution in [3.05, 3.63) is 35.2 Å². The van der Waals surface area contributed by atoms with Gasteiger partial charge in [0.25, 0.3) is 5.91 Å². The van der Waals surface area contributed by atoms with Gasteiger partial charge in [-0.3, -0.25) is 14.5 Å². The summed E-state index contributed by atoms with van der Waals surface area (Å²) in [6.07, 6.45) is 3.32. The molecule has 38 heavy (non-hydrogen) atoms. The predicted octanol–water partition coefficient (Wildman–Crippen LogP) is 4.75. The first kappa shape index (κ1) is 27.0. The molecule has 11 heteroatoms. The van der Waals surface area contributed by atoms with Crippen molar-refractivity contribution in [3.63, 3.8) is 0 Å². The number of aromatic nitrogens is 1. The van der Waals surface area contributed by atoms with E-state index in [-0.39, 0.29) is 23.1 Å². The molecule has 1 aliphatic carbocycles. The molecule has 1 saturated carbocycles. The number of thioether (sulfide) groups is 1. The molecule has 3 fully saturated rings. The number of carbonyl (C=O) groups is 3. The maximum Gasteiger partial charge on any atom is 0.411 e. The molecule has 0 radical (unpaired) electrons. The summed E-state index contributed by atoms with van der Waals surface area (Å²) in [6.45, 7) is 6.81. The highest BCUT2D eigenvalue weighted by molar-refractivity contribution is 8.00. The minimum absolute atomic E-state index is 0.0617. The molecule has 9 nitrogen and oxygen atoms in total. The number of hydrogen-bond acceptors (Lipinski definition) is 8. The Labute approximate surface area is 231 Å². The standard InChI is InChI=1S/C27H34N4O5S2/c1-27(2,3)36-26(34)31-21(15-37-24(31)18-10-12-35-13-11-18)23(33)30-25-29-20(14-38-25)16-4-6-17(7-5-16)22(32)28-19-8-9-19/h4-7,14,18-19,21,24H,8-13,15H2,1-3H3,(H,28,32)(H,29,30,33)/t21-,24?/m0/s1. The number of carbonyl (C=O) groups excluding carboxylic acids is 3. The molecule has 2 aromatic rings. The first-order chi connectivity index (χ1) is 18.2. The second kappa shape index (κ2) is 11.2. The third-order valence-electron chi connectivity index (χ3n) is 6.70. The van der Waals surface area contributed by atoms with Gasteiger partial charge in [-0.2, -0.15) is 0 Å². The molecule has 2 atom stereocenters. The number of rotatable bonds is 6. The lowest BCUT2D eigenvalue weighted by Crippen LogP contribution is -2.51. The third-order valence-corrected chi connectivity index (χ3v) is 8.92. The van der Waals surface area contributed by atoms with E-state index in [4.69, 9.17) is 9.47 Å². The minimum atomic E-state index is -0.663. The fraction of sp³-hybridized carbons (Fsp3) is 0.556. The van der Waals surface area contributed by atoms with E-state index in [1.807, 2.05) is 38.3 Å². The van der Waals surface area contributed by atoms with E-state index in [1.54, 1.807) is 28.8 Å². The van der Waals surface area contributed by atoms with Crippen molar-refractivity contribution in [1.82, 2.24) is 15.2 Å². The van der Waals surface area contributed by atoms with Crippen LogP contribution in [-0.2, 0) is 14.3 Å². The lowest BCUT2D eigenvalue weighted by Gasteiger charge is -2.36. The van der Waals surface area contributed by atoms with Gasteiger partial charge in [-0.1, -0.05) is 12.1 Å². The highest BCUT2D eigenvalue weighted by atomic mass is 32.2. The van der Waals surface area contributed by atoms with Crippen LogP contribution < -0.4 is 10.6 Å². The maximum absolute atomic E-state index is 13.4. The van der Waals surface area contributed by atoms with E-state index in [9.17, 15) is 14.4 Å². The molecule has 2 N–H and O–H groups in total. The van der Waals surface area contributed by atoms with Crippen molar-refractivity contribution >= 4 is 46.1 Å². The van der Waals surface area contributed by atoms with Crippen LogP contribution >= 0.6 is 23.1 Å². The van der Waals surface area contributed by atoms with Crippen molar-refractivity contribution in [2.45, 2.75) is 69.5 Å². The van der Waals surface area contributed by atoms with Crippen molar-refractivity contribution < 1.29 is 23.9 Å². The van der Waals surface area contributed by atoms with Gasteiger partial charge in [0.1, 0.15) is 11.6 Å². The normalized spacial score (nSPS) is 22.2. The van der Waals surface area contributed by atoms with Crippen molar-refractivity contribution in [1.29, 1.82) is 0 Å². The van der Waals surface area contributed by atoms with Gasteiger partial charge in [-0.15, -0.1) is 23.1 Å². The van der Waals surface area contributed by atoms with E-state index in [0.29, 0.717) is 41.4 Å². The molecular formula is C27H34N4O5S2. The van der Waals surface area contributed by atoms with E-state index in [1.165, 1.54) is 11.3 Å². The molecule has 1 unspecified atom stereocenters. The summed E-state index contributed by atoms with van der Waals surface area (Å²) in [5, 5.41) is 8.10. The first-order valence-corrected chi connectivity index (χ1v) is 15.0. The SMILES string of the molecule is CC(C)(C)OC(=O)N1C(C2CCOCC2)SC[C@H]1C(=O)Nc1nc(-c2ccc(C(=O)NC3CC3)cc2)cs1. The van der Waals surface area contributed by atoms with Crippen molar-refractivity contribution in [2.75, 3.05) is 24.3 Å². The molecule has 1 aromatic heterocycles. The van der Waals surface area contributed by atoms with Crippen LogP contribution in [-0.4, -0.2) is 69.8 Å². The second-order valence-corrected chi connectivity index (χ2v) is 12.9. The molecule has 2 aliphatic heterocycles. The molecule has 3 amide bonds. The van der Waals surface area contributed by atoms with Crippen LogP contribution in [0.15, 0.2) is 29.6 Å². The highest BCUT2D eigenvalue weighted by Crippen LogP contribution is 2.39. The molecule has 1 aromatic carbocycles. The average Bonchev–Trinajstić information content (AvgIpc) is 3.38. The van der Waals surface area contributed by atoms with E-state index in [2.05, 4.69) is 15.6 Å². The molecule has 3 aliphatic rings. The van der Waals surface area contributed by atoms with Crippen molar-refractivity contribution in [3.8, 4) is 11.3 Å².